The number of halogens is 1. The van der Waals surface area contributed by atoms with Crippen LogP contribution in [-0.2, 0) is 0 Å². The minimum absolute atomic E-state index is 0.0869. The molecule has 0 saturated carbocycles. The summed E-state index contributed by atoms with van der Waals surface area (Å²) in [7, 11) is 0. The van der Waals surface area contributed by atoms with Crippen LogP contribution < -0.4 is 10.5 Å². The zero-order valence-corrected chi connectivity index (χ0v) is 8.01. The van der Waals surface area contributed by atoms with E-state index in [0.29, 0.717) is 24.3 Å². The van der Waals surface area contributed by atoms with Gasteiger partial charge in [0.05, 0.1) is 12.4 Å². The fraction of sp³-hybridized carbons (Fsp3) is 0.300. The molecule has 0 aliphatic heterocycles. The monoisotopic (exact) mass is 196 g/mol. The minimum Gasteiger partial charge on any atom is -0.493 e. The first kappa shape index (κ1) is 10.5. The summed E-state index contributed by atoms with van der Waals surface area (Å²) in [6, 6.07) is 4.54. The lowest BCUT2D eigenvalue weighted by atomic mass is 10.2. The first-order chi connectivity index (χ1) is 6.59. The summed E-state index contributed by atoms with van der Waals surface area (Å²) >= 11 is 0. The molecule has 0 radical (unpaired) electrons. The van der Waals surface area contributed by atoms with Crippen LogP contribution in [0.2, 0.25) is 0 Å². The molecule has 76 valence electrons. The third kappa shape index (κ3) is 3.05. The van der Waals surface area contributed by atoms with Crippen LogP contribution >= 0.6 is 0 Å². The van der Waals surface area contributed by atoms with Crippen LogP contribution in [0.5, 0.6) is 5.75 Å². The number of benzene rings is 1. The second-order valence-corrected chi connectivity index (χ2v) is 3.03. The Hall–Kier alpha value is -1.58. The molecule has 0 aliphatic rings. The van der Waals surface area contributed by atoms with Gasteiger partial charge in [0.25, 0.3) is 0 Å². The van der Waals surface area contributed by atoms with Gasteiger partial charge in [0.2, 0.25) is 0 Å². The Morgan fingerprint density at radius 1 is 1.57 bits per heavy atom. The highest BCUT2D eigenvalue weighted by Gasteiger charge is 1.99. The summed E-state index contributed by atoms with van der Waals surface area (Å²) in [5.41, 5.74) is 5.70. The normalized spacial score (nSPS) is 9.86. The van der Waals surface area contributed by atoms with Gasteiger partial charge < -0.3 is 10.5 Å². The quantitative estimate of drug-likeness (QED) is 0.570. The average Bonchev–Trinajstić information content (AvgIpc) is 2.10. The zero-order valence-electron chi connectivity index (χ0n) is 8.01. The highest BCUT2D eigenvalue weighted by molar-refractivity contribution is 5.76. The van der Waals surface area contributed by atoms with Crippen molar-refractivity contribution in [2.45, 2.75) is 13.3 Å². The molecule has 1 rings (SSSR count). The molecular weight excluding hydrogens is 183 g/mol. The molecule has 0 fully saturated rings. The maximum Gasteiger partial charge on any atom is 0.126 e. The number of hydrogen-bond donors (Lipinski definition) is 2. The van der Waals surface area contributed by atoms with E-state index in [0.717, 1.165) is 0 Å². The molecule has 3 nitrogen and oxygen atoms in total. The number of nitrogens with two attached hydrogens (primary N) is 1. The fourth-order valence-corrected chi connectivity index (χ4v) is 0.986. The van der Waals surface area contributed by atoms with Crippen molar-refractivity contribution in [3.8, 4) is 5.75 Å². The molecule has 0 saturated heterocycles. The smallest absolute Gasteiger partial charge is 0.126 e. The summed E-state index contributed by atoms with van der Waals surface area (Å²) in [5, 5.41) is 6.97. The predicted octanol–water partition coefficient (Wildman–Crippen LogP) is 1.84. The van der Waals surface area contributed by atoms with Crippen molar-refractivity contribution in [2.75, 3.05) is 6.61 Å². The molecule has 1 aromatic rings. The van der Waals surface area contributed by atoms with Crippen LogP contribution in [0.4, 0.5) is 4.39 Å². The van der Waals surface area contributed by atoms with E-state index < -0.39 is 0 Å². The van der Waals surface area contributed by atoms with Crippen molar-refractivity contribution < 1.29 is 9.13 Å². The maximum atomic E-state index is 12.8. The Kier molecular flexibility index (Phi) is 3.45. The molecule has 0 bridgehead atoms. The van der Waals surface area contributed by atoms with Gasteiger partial charge in [0, 0.05) is 6.42 Å². The molecule has 0 aromatic heterocycles. The zero-order chi connectivity index (χ0) is 10.6. The number of nitrogens with one attached hydrogen (secondary N) is 1. The van der Waals surface area contributed by atoms with Gasteiger partial charge in [-0.3, -0.25) is 5.41 Å². The van der Waals surface area contributed by atoms with E-state index in [1.54, 1.807) is 19.1 Å². The maximum absolute atomic E-state index is 12.8. The van der Waals surface area contributed by atoms with Gasteiger partial charge >= 0.3 is 0 Å². The van der Waals surface area contributed by atoms with Crippen molar-refractivity contribution in [3.63, 3.8) is 0 Å². The third-order valence-corrected chi connectivity index (χ3v) is 1.77. The lowest BCUT2D eigenvalue weighted by molar-refractivity contribution is 0.328. The molecular formula is C10H13FN2O. The van der Waals surface area contributed by atoms with Crippen LogP contribution in [0.1, 0.15) is 12.0 Å². The van der Waals surface area contributed by atoms with Crippen LogP contribution in [-0.4, -0.2) is 12.4 Å². The van der Waals surface area contributed by atoms with E-state index in [4.69, 9.17) is 15.9 Å². The molecule has 0 spiro atoms. The van der Waals surface area contributed by atoms with E-state index in [-0.39, 0.29) is 11.7 Å². The number of amidine groups is 1. The van der Waals surface area contributed by atoms with Crippen molar-refractivity contribution in [3.05, 3.63) is 29.6 Å². The molecule has 0 unspecified atom stereocenters. The van der Waals surface area contributed by atoms with Crippen molar-refractivity contribution in [1.82, 2.24) is 0 Å². The van der Waals surface area contributed by atoms with E-state index in [9.17, 15) is 4.39 Å². The van der Waals surface area contributed by atoms with Gasteiger partial charge in [-0.25, -0.2) is 4.39 Å². The van der Waals surface area contributed by atoms with E-state index >= 15 is 0 Å². The molecule has 3 N–H and O–H groups in total. The summed E-state index contributed by atoms with van der Waals surface area (Å²) in [5.74, 6) is 0.443. The molecule has 0 amide bonds. The summed E-state index contributed by atoms with van der Waals surface area (Å²) in [6.45, 7) is 2.02. The Bertz CT molecular complexity index is 339. The molecule has 1 aromatic carbocycles. The number of hydrogen-bond acceptors (Lipinski definition) is 2. The van der Waals surface area contributed by atoms with Gasteiger partial charge in [-0.05, 0) is 30.7 Å². The van der Waals surface area contributed by atoms with Crippen LogP contribution in [0.15, 0.2) is 18.2 Å². The van der Waals surface area contributed by atoms with Gasteiger partial charge in [-0.15, -0.1) is 0 Å². The number of rotatable bonds is 4. The fourth-order valence-electron chi connectivity index (χ4n) is 0.986. The summed E-state index contributed by atoms with van der Waals surface area (Å²) < 4.78 is 18.1. The van der Waals surface area contributed by atoms with E-state index in [1.165, 1.54) is 6.07 Å². The van der Waals surface area contributed by atoms with Gasteiger partial charge in [-0.1, -0.05) is 0 Å². The predicted molar refractivity (Wildman–Crippen MR) is 53.2 cm³/mol. The Balaban J connectivity index is 2.51. The first-order valence-corrected chi connectivity index (χ1v) is 4.31. The van der Waals surface area contributed by atoms with Crippen LogP contribution in [0.3, 0.4) is 0 Å². The topological polar surface area (TPSA) is 59.1 Å². The Morgan fingerprint density at radius 3 is 2.86 bits per heavy atom. The van der Waals surface area contributed by atoms with Crippen LogP contribution in [0.25, 0.3) is 0 Å². The van der Waals surface area contributed by atoms with E-state index in [1.807, 2.05) is 0 Å². The first-order valence-electron chi connectivity index (χ1n) is 4.31. The molecule has 14 heavy (non-hydrogen) atoms. The molecule has 4 heteroatoms. The number of aryl methyl sites for hydroxylation is 1. The highest BCUT2D eigenvalue weighted by Crippen LogP contribution is 2.15. The summed E-state index contributed by atoms with van der Waals surface area (Å²) in [4.78, 5) is 0. The van der Waals surface area contributed by atoms with Crippen molar-refractivity contribution in [2.24, 2.45) is 5.73 Å². The molecule has 0 atom stereocenters. The second-order valence-electron chi connectivity index (χ2n) is 3.03. The average molecular weight is 196 g/mol. The largest absolute Gasteiger partial charge is 0.493 e. The third-order valence-electron chi connectivity index (χ3n) is 1.77. The summed E-state index contributed by atoms with van der Waals surface area (Å²) in [6.07, 6.45) is 0.385. The Labute approximate surface area is 82.2 Å². The molecule has 0 aliphatic carbocycles. The number of ether oxygens (including phenoxy) is 1. The van der Waals surface area contributed by atoms with Gasteiger partial charge in [0.1, 0.15) is 11.6 Å². The van der Waals surface area contributed by atoms with Crippen molar-refractivity contribution in [1.29, 1.82) is 5.41 Å². The van der Waals surface area contributed by atoms with Crippen molar-refractivity contribution >= 4 is 5.84 Å². The second kappa shape index (κ2) is 4.60. The highest BCUT2D eigenvalue weighted by atomic mass is 19.1. The van der Waals surface area contributed by atoms with Crippen LogP contribution in [0, 0.1) is 18.2 Å². The lowest BCUT2D eigenvalue weighted by Gasteiger charge is -2.06. The van der Waals surface area contributed by atoms with Gasteiger partial charge in [-0.2, -0.15) is 0 Å². The van der Waals surface area contributed by atoms with Gasteiger partial charge in [0.15, 0.2) is 0 Å². The lowest BCUT2D eigenvalue weighted by Crippen LogP contribution is -2.13. The minimum atomic E-state index is -0.246. The molecule has 0 heterocycles. The van der Waals surface area contributed by atoms with E-state index in [2.05, 4.69) is 0 Å². The Morgan fingerprint density at radius 2 is 2.29 bits per heavy atom. The SMILES string of the molecule is Cc1cc(OCCC(=N)N)ccc1F. The standard InChI is InChI=1S/C10H13FN2O/c1-7-6-8(2-3-9(7)11)14-5-4-10(12)13/h2-3,6H,4-5H2,1H3,(H3,12,13).